The van der Waals surface area contributed by atoms with Crippen LogP contribution in [0.1, 0.15) is 31.0 Å². The zero-order chi connectivity index (χ0) is 13.6. The number of fused-ring (bicyclic) bond motifs is 1. The second-order valence-electron chi connectivity index (χ2n) is 5.21. The second-order valence-corrected chi connectivity index (χ2v) is 6.12. The Hall–Kier alpha value is -1.36. The van der Waals surface area contributed by atoms with Crippen molar-refractivity contribution >= 4 is 32.9 Å². The molecule has 0 spiro atoms. The number of imidazole rings is 1. The van der Waals surface area contributed by atoms with E-state index in [0.29, 0.717) is 6.42 Å². The summed E-state index contributed by atoms with van der Waals surface area (Å²) in [5, 5.41) is 9.09. The number of carboxylic acid groups (broad SMARTS) is 1. The minimum atomic E-state index is -0.677. The Morgan fingerprint density at radius 2 is 2.26 bits per heavy atom. The van der Waals surface area contributed by atoms with Crippen LogP contribution in [0.2, 0.25) is 0 Å². The maximum Gasteiger partial charge on any atom is 0.306 e. The molecule has 4 nitrogen and oxygen atoms in total. The van der Waals surface area contributed by atoms with Crippen LogP contribution in [-0.4, -0.2) is 20.6 Å². The summed E-state index contributed by atoms with van der Waals surface area (Å²) < 4.78 is 3.11. The Morgan fingerprint density at radius 1 is 1.47 bits per heavy atom. The van der Waals surface area contributed by atoms with Gasteiger partial charge in [-0.2, -0.15) is 0 Å². The summed E-state index contributed by atoms with van der Waals surface area (Å²) in [7, 11) is 2.01. The Balaban J connectivity index is 1.97. The van der Waals surface area contributed by atoms with E-state index in [0.717, 1.165) is 34.2 Å². The monoisotopic (exact) mass is 322 g/mol. The summed E-state index contributed by atoms with van der Waals surface area (Å²) in [6.07, 6.45) is 2.37. The number of hydrogen-bond donors (Lipinski definition) is 1. The average Bonchev–Trinajstić information content (AvgIpc) is 2.94. The molecule has 3 rings (SSSR count). The molecule has 0 saturated heterocycles. The van der Waals surface area contributed by atoms with Gasteiger partial charge in [-0.3, -0.25) is 4.79 Å². The summed E-state index contributed by atoms with van der Waals surface area (Å²) >= 11 is 3.45. The molecule has 1 N–H and O–H groups in total. The molecule has 19 heavy (non-hydrogen) atoms. The lowest BCUT2D eigenvalue weighted by atomic mass is 10.0. The van der Waals surface area contributed by atoms with Crippen molar-refractivity contribution in [2.75, 3.05) is 0 Å². The number of aryl methyl sites for hydroxylation is 1. The highest BCUT2D eigenvalue weighted by Gasteiger charge is 2.33. The van der Waals surface area contributed by atoms with Gasteiger partial charge in [-0.15, -0.1) is 0 Å². The predicted octanol–water partition coefficient (Wildman–Crippen LogP) is 3.30. The summed E-state index contributed by atoms with van der Waals surface area (Å²) in [6, 6.07) is 6.05. The minimum Gasteiger partial charge on any atom is -0.481 e. The smallest absolute Gasteiger partial charge is 0.306 e. The van der Waals surface area contributed by atoms with Crippen molar-refractivity contribution in [2.45, 2.75) is 25.2 Å². The van der Waals surface area contributed by atoms with Crippen molar-refractivity contribution in [3.05, 3.63) is 28.5 Å². The quantitative estimate of drug-likeness (QED) is 0.922. The SMILES string of the molecule is Cn1c(C2CCC(C(=O)O)C2)nc2cc(Br)ccc21. The maximum atomic E-state index is 11.0. The van der Waals surface area contributed by atoms with E-state index in [-0.39, 0.29) is 11.8 Å². The zero-order valence-electron chi connectivity index (χ0n) is 10.6. The van der Waals surface area contributed by atoms with E-state index >= 15 is 0 Å². The molecule has 0 bridgehead atoms. The number of halogens is 1. The molecule has 2 aromatic rings. The molecule has 1 fully saturated rings. The second kappa shape index (κ2) is 4.63. The molecule has 0 aliphatic heterocycles. The maximum absolute atomic E-state index is 11.0. The molecule has 0 radical (unpaired) electrons. The van der Waals surface area contributed by atoms with Crippen LogP contribution in [0.4, 0.5) is 0 Å². The zero-order valence-corrected chi connectivity index (χ0v) is 12.2. The molecular weight excluding hydrogens is 308 g/mol. The van der Waals surface area contributed by atoms with Crippen LogP contribution in [-0.2, 0) is 11.8 Å². The lowest BCUT2D eigenvalue weighted by Gasteiger charge is -2.09. The van der Waals surface area contributed by atoms with E-state index in [4.69, 9.17) is 5.11 Å². The number of carbonyl (C=O) groups is 1. The fourth-order valence-electron chi connectivity index (χ4n) is 3.00. The standard InChI is InChI=1S/C14H15BrN2O2/c1-17-12-5-4-10(15)7-11(12)16-13(17)8-2-3-9(6-8)14(18)19/h4-5,7-9H,2-3,6H2,1H3,(H,18,19). The van der Waals surface area contributed by atoms with Crippen LogP contribution in [0.5, 0.6) is 0 Å². The van der Waals surface area contributed by atoms with Gasteiger partial charge in [-0.25, -0.2) is 4.98 Å². The number of rotatable bonds is 2. The average molecular weight is 323 g/mol. The molecule has 1 aliphatic carbocycles. The van der Waals surface area contributed by atoms with Crippen molar-refractivity contribution in [1.29, 1.82) is 0 Å². The third-order valence-corrected chi connectivity index (χ3v) is 4.52. The molecule has 1 saturated carbocycles. The summed E-state index contributed by atoms with van der Waals surface area (Å²) in [5.74, 6) is 0.384. The summed E-state index contributed by atoms with van der Waals surface area (Å²) in [5.41, 5.74) is 2.06. The Kier molecular flexibility index (Phi) is 3.09. The van der Waals surface area contributed by atoms with Gasteiger partial charge in [0.1, 0.15) is 5.82 Å². The van der Waals surface area contributed by atoms with Crippen LogP contribution >= 0.6 is 15.9 Å². The first-order valence-electron chi connectivity index (χ1n) is 6.41. The first-order chi connectivity index (χ1) is 9.06. The molecule has 100 valence electrons. The van der Waals surface area contributed by atoms with Gasteiger partial charge in [0.05, 0.1) is 17.0 Å². The molecule has 5 heteroatoms. The van der Waals surface area contributed by atoms with E-state index in [9.17, 15) is 4.79 Å². The highest BCUT2D eigenvalue weighted by Crippen LogP contribution is 2.38. The molecule has 1 aromatic heterocycles. The topological polar surface area (TPSA) is 55.1 Å². The molecule has 0 amide bonds. The predicted molar refractivity (Wildman–Crippen MR) is 76.1 cm³/mol. The highest BCUT2D eigenvalue weighted by atomic mass is 79.9. The van der Waals surface area contributed by atoms with Crippen LogP contribution in [0.3, 0.4) is 0 Å². The van der Waals surface area contributed by atoms with Gasteiger partial charge in [-0.05, 0) is 37.5 Å². The normalized spacial score (nSPS) is 23.1. The lowest BCUT2D eigenvalue weighted by Crippen LogP contribution is -2.10. The first kappa shape index (κ1) is 12.7. The van der Waals surface area contributed by atoms with Gasteiger partial charge in [0.2, 0.25) is 0 Å². The third kappa shape index (κ3) is 2.16. The molecule has 2 unspecified atom stereocenters. The van der Waals surface area contributed by atoms with Crippen molar-refractivity contribution in [2.24, 2.45) is 13.0 Å². The van der Waals surface area contributed by atoms with E-state index in [1.807, 2.05) is 25.2 Å². The van der Waals surface area contributed by atoms with Crippen LogP contribution in [0.25, 0.3) is 11.0 Å². The van der Waals surface area contributed by atoms with E-state index in [1.54, 1.807) is 0 Å². The molecule has 1 aliphatic rings. The van der Waals surface area contributed by atoms with Gasteiger partial charge in [0.25, 0.3) is 0 Å². The summed E-state index contributed by atoms with van der Waals surface area (Å²) in [4.78, 5) is 15.7. The van der Waals surface area contributed by atoms with Gasteiger partial charge >= 0.3 is 5.97 Å². The Morgan fingerprint density at radius 3 is 2.95 bits per heavy atom. The van der Waals surface area contributed by atoms with Crippen molar-refractivity contribution in [3.63, 3.8) is 0 Å². The highest BCUT2D eigenvalue weighted by molar-refractivity contribution is 9.10. The van der Waals surface area contributed by atoms with Crippen molar-refractivity contribution in [1.82, 2.24) is 9.55 Å². The van der Waals surface area contributed by atoms with Gasteiger partial charge in [0.15, 0.2) is 0 Å². The Labute approximate surface area is 119 Å². The van der Waals surface area contributed by atoms with Crippen LogP contribution < -0.4 is 0 Å². The van der Waals surface area contributed by atoms with Crippen molar-refractivity contribution in [3.8, 4) is 0 Å². The van der Waals surface area contributed by atoms with Gasteiger partial charge < -0.3 is 9.67 Å². The van der Waals surface area contributed by atoms with Crippen molar-refractivity contribution < 1.29 is 9.90 Å². The van der Waals surface area contributed by atoms with Crippen LogP contribution in [0.15, 0.2) is 22.7 Å². The van der Waals surface area contributed by atoms with E-state index in [1.165, 1.54) is 0 Å². The Bertz CT molecular complexity index is 650. The van der Waals surface area contributed by atoms with Gasteiger partial charge in [0, 0.05) is 17.4 Å². The fraction of sp³-hybridized carbons (Fsp3) is 0.429. The largest absolute Gasteiger partial charge is 0.481 e. The molecular formula is C14H15BrN2O2. The number of carboxylic acids is 1. The molecule has 1 heterocycles. The number of nitrogens with zero attached hydrogens (tertiary/aromatic N) is 2. The van der Waals surface area contributed by atoms with E-state index in [2.05, 4.69) is 25.5 Å². The van der Waals surface area contributed by atoms with Gasteiger partial charge in [-0.1, -0.05) is 15.9 Å². The first-order valence-corrected chi connectivity index (χ1v) is 7.20. The number of benzene rings is 1. The van der Waals surface area contributed by atoms with Crippen LogP contribution in [0, 0.1) is 5.92 Å². The number of aromatic nitrogens is 2. The fourth-order valence-corrected chi connectivity index (χ4v) is 3.35. The molecule has 2 atom stereocenters. The summed E-state index contributed by atoms with van der Waals surface area (Å²) in [6.45, 7) is 0. The lowest BCUT2D eigenvalue weighted by molar-refractivity contribution is -0.141. The minimum absolute atomic E-state index is 0.212. The number of hydrogen-bond acceptors (Lipinski definition) is 2. The molecule has 1 aromatic carbocycles. The van der Waals surface area contributed by atoms with E-state index < -0.39 is 5.97 Å². The third-order valence-electron chi connectivity index (χ3n) is 4.02. The number of aliphatic carboxylic acids is 1.